The van der Waals surface area contributed by atoms with Crippen molar-refractivity contribution in [2.24, 2.45) is 5.73 Å². The van der Waals surface area contributed by atoms with Crippen molar-refractivity contribution in [3.05, 3.63) is 18.0 Å². The number of nitrogens with two attached hydrogens (primary N) is 1. The van der Waals surface area contributed by atoms with Crippen LogP contribution in [0, 0.1) is 0 Å². The molecular formula is C11H19N3O2. The summed E-state index contributed by atoms with van der Waals surface area (Å²) < 4.78 is 6.68. The van der Waals surface area contributed by atoms with E-state index in [4.69, 9.17) is 10.5 Å². The smallest absolute Gasteiger partial charge is 0.154 e. The summed E-state index contributed by atoms with van der Waals surface area (Å²) in [4.78, 5) is 11.7. The van der Waals surface area contributed by atoms with Crippen molar-refractivity contribution >= 4 is 5.78 Å². The number of methoxy groups -OCH3 is 1. The average Bonchev–Trinajstić information content (AvgIpc) is 2.73. The number of carbonyl (C=O) groups is 1. The van der Waals surface area contributed by atoms with E-state index in [2.05, 4.69) is 5.10 Å². The number of hydrogen-bond acceptors (Lipinski definition) is 4. The molecular weight excluding hydrogens is 206 g/mol. The van der Waals surface area contributed by atoms with Gasteiger partial charge in [0.05, 0.1) is 12.2 Å². The van der Waals surface area contributed by atoms with E-state index >= 15 is 0 Å². The number of aromatic nitrogens is 2. The van der Waals surface area contributed by atoms with Gasteiger partial charge in [-0.3, -0.25) is 9.48 Å². The van der Waals surface area contributed by atoms with E-state index in [9.17, 15) is 4.79 Å². The first-order valence-electron chi connectivity index (χ1n) is 5.46. The molecule has 0 bridgehead atoms. The Labute approximate surface area is 95.6 Å². The predicted molar refractivity (Wildman–Crippen MR) is 61.1 cm³/mol. The van der Waals surface area contributed by atoms with Crippen molar-refractivity contribution in [2.75, 3.05) is 13.7 Å². The van der Waals surface area contributed by atoms with Gasteiger partial charge in [0.1, 0.15) is 0 Å². The highest BCUT2D eigenvalue weighted by molar-refractivity contribution is 5.85. The minimum atomic E-state index is -0.440. The summed E-state index contributed by atoms with van der Waals surface area (Å²) in [5, 5.41) is 4.11. The van der Waals surface area contributed by atoms with E-state index in [0.717, 1.165) is 12.1 Å². The number of hydrogen-bond donors (Lipinski definition) is 1. The lowest BCUT2D eigenvalue weighted by atomic mass is 10.1. The number of ether oxygens (including phenoxy) is 1. The first-order valence-corrected chi connectivity index (χ1v) is 5.46. The van der Waals surface area contributed by atoms with E-state index in [1.54, 1.807) is 18.0 Å². The number of Topliss-reactive ketones (excluding diaryl/α,β-unsaturated/α-hetero) is 1. The fourth-order valence-corrected chi connectivity index (χ4v) is 1.41. The van der Waals surface area contributed by atoms with Crippen molar-refractivity contribution in [3.63, 3.8) is 0 Å². The highest BCUT2D eigenvalue weighted by Crippen LogP contribution is 2.02. The van der Waals surface area contributed by atoms with Crippen LogP contribution in [-0.2, 0) is 22.5 Å². The van der Waals surface area contributed by atoms with Gasteiger partial charge in [0.2, 0.25) is 0 Å². The number of carbonyl (C=O) groups excluding carboxylic acids is 1. The topological polar surface area (TPSA) is 70.1 Å². The van der Waals surface area contributed by atoms with Gasteiger partial charge >= 0.3 is 0 Å². The van der Waals surface area contributed by atoms with Crippen molar-refractivity contribution in [1.82, 2.24) is 9.78 Å². The Kier molecular flexibility index (Phi) is 5.14. The van der Waals surface area contributed by atoms with E-state index < -0.39 is 6.04 Å². The van der Waals surface area contributed by atoms with Gasteiger partial charge in [-0.1, -0.05) is 0 Å². The molecule has 0 amide bonds. The van der Waals surface area contributed by atoms with Gasteiger partial charge < -0.3 is 10.5 Å². The van der Waals surface area contributed by atoms with Gasteiger partial charge in [-0.15, -0.1) is 0 Å². The third-order valence-electron chi connectivity index (χ3n) is 2.44. The second-order valence-corrected chi connectivity index (χ2v) is 3.74. The Morgan fingerprint density at radius 2 is 2.44 bits per heavy atom. The lowest BCUT2D eigenvalue weighted by Crippen LogP contribution is -2.32. The number of nitrogens with zero attached hydrogens (tertiary/aromatic N) is 2. The second-order valence-electron chi connectivity index (χ2n) is 3.74. The molecule has 0 aliphatic rings. The zero-order valence-corrected chi connectivity index (χ0v) is 9.85. The van der Waals surface area contributed by atoms with Gasteiger partial charge in [0.25, 0.3) is 0 Å². The van der Waals surface area contributed by atoms with Crippen LogP contribution in [0.4, 0.5) is 0 Å². The van der Waals surface area contributed by atoms with E-state index in [1.807, 2.05) is 13.1 Å². The van der Waals surface area contributed by atoms with E-state index in [-0.39, 0.29) is 5.78 Å². The molecule has 0 saturated carbocycles. The Hall–Kier alpha value is -1.20. The molecule has 2 N–H and O–H groups in total. The summed E-state index contributed by atoms with van der Waals surface area (Å²) in [5.74, 6) is 0.0349. The van der Waals surface area contributed by atoms with Crippen LogP contribution in [0.15, 0.2) is 12.4 Å². The molecule has 1 aromatic rings. The van der Waals surface area contributed by atoms with Crippen molar-refractivity contribution in [1.29, 1.82) is 0 Å². The summed E-state index contributed by atoms with van der Waals surface area (Å²) in [5.41, 5.74) is 6.65. The standard InChI is InChI=1S/C11H19N3O2/c1-3-14-8-9(7-13-14)6-11(15)10(12)4-5-16-2/h7-8,10H,3-6,12H2,1-2H3. The molecule has 0 aliphatic heterocycles. The molecule has 1 aromatic heterocycles. The molecule has 5 nitrogen and oxygen atoms in total. The van der Waals surface area contributed by atoms with Crippen LogP contribution < -0.4 is 5.73 Å². The molecule has 0 aliphatic carbocycles. The average molecular weight is 225 g/mol. The van der Waals surface area contributed by atoms with Crippen LogP contribution in [0.1, 0.15) is 18.9 Å². The van der Waals surface area contributed by atoms with Crippen LogP contribution in [0.3, 0.4) is 0 Å². The number of rotatable bonds is 7. The Morgan fingerprint density at radius 1 is 1.69 bits per heavy atom. The van der Waals surface area contributed by atoms with Crippen LogP contribution in [0.25, 0.3) is 0 Å². The molecule has 0 fully saturated rings. The highest BCUT2D eigenvalue weighted by atomic mass is 16.5. The van der Waals surface area contributed by atoms with Crippen LogP contribution >= 0.6 is 0 Å². The van der Waals surface area contributed by atoms with Gasteiger partial charge in [0.15, 0.2) is 5.78 Å². The van der Waals surface area contributed by atoms with Crippen molar-refractivity contribution in [2.45, 2.75) is 32.4 Å². The SMILES string of the molecule is CCn1cc(CC(=O)C(N)CCOC)cn1. The normalized spacial score (nSPS) is 12.7. The Morgan fingerprint density at radius 3 is 3.00 bits per heavy atom. The third kappa shape index (κ3) is 3.75. The Bertz CT molecular complexity index is 336. The molecule has 5 heteroatoms. The maximum Gasteiger partial charge on any atom is 0.154 e. The van der Waals surface area contributed by atoms with Gasteiger partial charge in [0, 0.05) is 32.9 Å². The molecule has 1 heterocycles. The monoisotopic (exact) mass is 225 g/mol. The molecule has 1 unspecified atom stereocenters. The molecule has 1 rings (SSSR count). The quantitative estimate of drug-likeness (QED) is 0.728. The highest BCUT2D eigenvalue weighted by Gasteiger charge is 2.14. The fraction of sp³-hybridized carbons (Fsp3) is 0.636. The lowest BCUT2D eigenvalue weighted by Gasteiger charge is -2.08. The predicted octanol–water partition coefficient (Wildman–Crippen LogP) is 0.378. The van der Waals surface area contributed by atoms with E-state index in [0.29, 0.717) is 19.4 Å². The second kappa shape index (κ2) is 6.40. The lowest BCUT2D eigenvalue weighted by molar-refractivity contribution is -0.120. The number of ketones is 1. The largest absolute Gasteiger partial charge is 0.385 e. The third-order valence-corrected chi connectivity index (χ3v) is 2.44. The van der Waals surface area contributed by atoms with Gasteiger partial charge in [-0.05, 0) is 18.9 Å². The molecule has 0 radical (unpaired) electrons. The summed E-state index contributed by atoms with van der Waals surface area (Å²) in [6, 6.07) is -0.440. The van der Waals surface area contributed by atoms with Gasteiger partial charge in [-0.2, -0.15) is 5.10 Å². The van der Waals surface area contributed by atoms with Crippen molar-refractivity contribution < 1.29 is 9.53 Å². The summed E-state index contributed by atoms with van der Waals surface area (Å²) >= 11 is 0. The summed E-state index contributed by atoms with van der Waals surface area (Å²) in [6.07, 6.45) is 4.51. The van der Waals surface area contributed by atoms with Crippen LogP contribution in [0.2, 0.25) is 0 Å². The molecule has 1 atom stereocenters. The Balaban J connectivity index is 2.44. The van der Waals surface area contributed by atoms with Crippen LogP contribution in [-0.4, -0.2) is 35.3 Å². The van der Waals surface area contributed by atoms with Crippen LogP contribution in [0.5, 0.6) is 0 Å². The minimum Gasteiger partial charge on any atom is -0.385 e. The zero-order valence-electron chi connectivity index (χ0n) is 9.85. The molecule has 90 valence electrons. The molecule has 0 spiro atoms. The molecule has 0 aromatic carbocycles. The zero-order chi connectivity index (χ0) is 12.0. The van der Waals surface area contributed by atoms with Gasteiger partial charge in [-0.25, -0.2) is 0 Å². The fourth-order valence-electron chi connectivity index (χ4n) is 1.41. The minimum absolute atomic E-state index is 0.0349. The summed E-state index contributed by atoms with van der Waals surface area (Å²) in [6.45, 7) is 3.33. The first-order chi connectivity index (χ1) is 7.67. The summed E-state index contributed by atoms with van der Waals surface area (Å²) in [7, 11) is 1.60. The maximum atomic E-state index is 11.7. The maximum absolute atomic E-state index is 11.7. The van der Waals surface area contributed by atoms with Crippen molar-refractivity contribution in [3.8, 4) is 0 Å². The first kappa shape index (κ1) is 12.9. The number of aryl methyl sites for hydroxylation is 1. The van der Waals surface area contributed by atoms with E-state index in [1.165, 1.54) is 0 Å². The molecule has 0 saturated heterocycles. The molecule has 16 heavy (non-hydrogen) atoms.